The summed E-state index contributed by atoms with van der Waals surface area (Å²) in [6.45, 7) is 15.5. The first kappa shape index (κ1) is 32.9. The molecule has 5 atom stereocenters. The Balaban J connectivity index is 2.94. The molecule has 0 bridgehead atoms. The molecule has 1 rings (SSSR count). The van der Waals surface area contributed by atoms with Gasteiger partial charge < -0.3 is 29.4 Å². The first-order chi connectivity index (χ1) is 17.6. The normalized spacial score (nSPS) is 15.3. The van der Waals surface area contributed by atoms with Crippen molar-refractivity contribution in [3.8, 4) is 11.5 Å². The molecule has 0 aliphatic rings. The summed E-state index contributed by atoms with van der Waals surface area (Å²) in [5.74, 6) is -2.14. The molecule has 0 saturated heterocycles. The molecular formula is C28H43NO9. The molecule has 0 heterocycles. The molecule has 10 nitrogen and oxygen atoms in total. The number of carbonyl (C=O) groups excluding carboxylic acids is 4. The number of rotatable bonds is 12. The van der Waals surface area contributed by atoms with Crippen LogP contribution < -0.4 is 15.2 Å². The molecule has 10 heteroatoms. The molecule has 0 aliphatic heterocycles. The number of nitrogens with two attached hydrogens (primary N) is 1. The van der Waals surface area contributed by atoms with Crippen molar-refractivity contribution in [3.05, 3.63) is 23.8 Å². The van der Waals surface area contributed by atoms with Crippen LogP contribution in [-0.4, -0.2) is 47.9 Å². The van der Waals surface area contributed by atoms with Crippen molar-refractivity contribution < 1.29 is 42.9 Å². The minimum Gasteiger partial charge on any atom is -0.458 e. The summed E-state index contributed by atoms with van der Waals surface area (Å²) < 4.78 is 26.7. The minimum atomic E-state index is -1.06. The zero-order valence-corrected chi connectivity index (χ0v) is 24.0. The maximum Gasteiger partial charge on any atom is 0.509 e. The van der Waals surface area contributed by atoms with E-state index in [0.717, 1.165) is 0 Å². The summed E-state index contributed by atoms with van der Waals surface area (Å²) in [6, 6.07) is 3.60. The fourth-order valence-corrected chi connectivity index (χ4v) is 2.82. The summed E-state index contributed by atoms with van der Waals surface area (Å²) >= 11 is 0. The predicted octanol–water partition coefficient (Wildman–Crippen LogP) is 4.73. The largest absolute Gasteiger partial charge is 0.509 e. The highest BCUT2D eigenvalue weighted by molar-refractivity contribution is 5.79. The van der Waals surface area contributed by atoms with E-state index in [2.05, 4.69) is 0 Å². The molecule has 0 aliphatic carbocycles. The third-order valence-electron chi connectivity index (χ3n) is 5.85. The first-order valence-corrected chi connectivity index (χ1v) is 13.0. The molecule has 0 spiro atoms. The van der Waals surface area contributed by atoms with Gasteiger partial charge in [-0.15, -0.1) is 0 Å². The van der Waals surface area contributed by atoms with Crippen LogP contribution in [0.3, 0.4) is 0 Å². The van der Waals surface area contributed by atoms with Crippen molar-refractivity contribution in [2.75, 3.05) is 0 Å². The molecule has 38 heavy (non-hydrogen) atoms. The summed E-state index contributed by atoms with van der Waals surface area (Å²) in [5.41, 5.74) is 5.93. The van der Waals surface area contributed by atoms with E-state index in [9.17, 15) is 19.2 Å². The second kappa shape index (κ2) is 14.7. The van der Waals surface area contributed by atoms with Gasteiger partial charge in [0.15, 0.2) is 11.5 Å². The molecular weight excluding hydrogens is 494 g/mol. The fourth-order valence-electron chi connectivity index (χ4n) is 2.82. The van der Waals surface area contributed by atoms with Crippen LogP contribution in [0, 0.1) is 11.8 Å². The van der Waals surface area contributed by atoms with Gasteiger partial charge in [-0.3, -0.25) is 14.4 Å². The monoisotopic (exact) mass is 537 g/mol. The topological polar surface area (TPSA) is 140 Å². The summed E-state index contributed by atoms with van der Waals surface area (Å²) in [6.07, 6.45) is -1.20. The molecule has 1 aromatic carbocycles. The van der Waals surface area contributed by atoms with Crippen LogP contribution in [0.5, 0.6) is 11.5 Å². The van der Waals surface area contributed by atoms with Gasteiger partial charge in [-0.2, -0.15) is 0 Å². The number of ether oxygens (including phenoxy) is 5. The van der Waals surface area contributed by atoms with E-state index in [1.807, 2.05) is 13.8 Å². The van der Waals surface area contributed by atoms with Crippen LogP contribution in [-0.2, 0) is 35.0 Å². The smallest absolute Gasteiger partial charge is 0.458 e. The lowest BCUT2D eigenvalue weighted by Crippen LogP contribution is -2.40. The highest BCUT2D eigenvalue weighted by atomic mass is 16.7. The standard InChI is InChI=1S/C28H43NO9/c1-10-16(3)24(30)36-22-13-12-20(15-23(22)37-25(31)17(4)11-2)14-21(29)26(32)34-18(5)19(6)35-27(33)38-28(7,8)9/h12-13,15-19,21H,10-11,14,29H2,1-9H3/t16?,17?,18-,19?,21-/m0/s1. The number of carbonyl (C=O) groups is 4. The molecule has 3 unspecified atom stereocenters. The Kier molecular flexibility index (Phi) is 12.7. The van der Waals surface area contributed by atoms with Crippen molar-refractivity contribution in [1.29, 1.82) is 0 Å². The van der Waals surface area contributed by atoms with E-state index in [1.54, 1.807) is 54.5 Å². The molecule has 214 valence electrons. The van der Waals surface area contributed by atoms with E-state index >= 15 is 0 Å². The lowest BCUT2D eigenvalue weighted by atomic mass is 10.1. The fraction of sp³-hybridized carbons (Fsp3) is 0.643. The van der Waals surface area contributed by atoms with Crippen LogP contribution in [0.1, 0.15) is 80.7 Å². The quantitative estimate of drug-likeness (QED) is 0.294. The highest BCUT2D eigenvalue weighted by Gasteiger charge is 2.27. The van der Waals surface area contributed by atoms with E-state index in [0.29, 0.717) is 18.4 Å². The van der Waals surface area contributed by atoms with Crippen molar-refractivity contribution in [2.45, 2.75) is 105 Å². The third-order valence-corrected chi connectivity index (χ3v) is 5.85. The molecule has 1 aromatic rings. The lowest BCUT2D eigenvalue weighted by molar-refractivity contribution is -0.156. The Morgan fingerprint density at radius 2 is 1.29 bits per heavy atom. The van der Waals surface area contributed by atoms with Gasteiger partial charge in [0.1, 0.15) is 23.9 Å². The predicted molar refractivity (Wildman–Crippen MR) is 141 cm³/mol. The molecule has 0 aromatic heterocycles. The zero-order valence-electron chi connectivity index (χ0n) is 24.0. The number of hydrogen-bond donors (Lipinski definition) is 1. The van der Waals surface area contributed by atoms with Crippen molar-refractivity contribution in [1.82, 2.24) is 0 Å². The summed E-state index contributed by atoms with van der Waals surface area (Å²) in [5, 5.41) is 0. The van der Waals surface area contributed by atoms with Gasteiger partial charge in [-0.05, 0) is 71.6 Å². The van der Waals surface area contributed by atoms with E-state index in [-0.39, 0.29) is 29.8 Å². The van der Waals surface area contributed by atoms with Crippen LogP contribution >= 0.6 is 0 Å². The van der Waals surface area contributed by atoms with Gasteiger partial charge in [0.05, 0.1) is 11.8 Å². The van der Waals surface area contributed by atoms with Crippen LogP contribution in [0.15, 0.2) is 18.2 Å². The third kappa shape index (κ3) is 11.1. The molecule has 0 fully saturated rings. The molecule has 0 radical (unpaired) electrons. The average molecular weight is 538 g/mol. The van der Waals surface area contributed by atoms with E-state index < -0.39 is 47.9 Å². The van der Waals surface area contributed by atoms with Crippen molar-refractivity contribution in [3.63, 3.8) is 0 Å². The molecule has 0 saturated carbocycles. The lowest BCUT2D eigenvalue weighted by Gasteiger charge is -2.24. The Hall–Kier alpha value is -3.14. The van der Waals surface area contributed by atoms with Crippen LogP contribution in [0.4, 0.5) is 4.79 Å². The maximum atomic E-state index is 12.6. The van der Waals surface area contributed by atoms with Gasteiger partial charge in [-0.25, -0.2) is 4.79 Å². The second-order valence-corrected chi connectivity index (χ2v) is 10.5. The average Bonchev–Trinajstić information content (AvgIpc) is 2.82. The van der Waals surface area contributed by atoms with Crippen LogP contribution in [0.25, 0.3) is 0 Å². The van der Waals surface area contributed by atoms with Crippen molar-refractivity contribution >= 4 is 24.1 Å². The van der Waals surface area contributed by atoms with Gasteiger partial charge in [0.25, 0.3) is 0 Å². The SMILES string of the molecule is CCC(C)C(=O)Oc1ccc(C[C@H](N)C(=O)O[C@@H](C)C(C)OC(=O)OC(C)(C)C)cc1OC(=O)C(C)CC. The first-order valence-electron chi connectivity index (χ1n) is 13.0. The number of hydrogen-bond acceptors (Lipinski definition) is 10. The Bertz CT molecular complexity index is 970. The zero-order chi connectivity index (χ0) is 29.2. The summed E-state index contributed by atoms with van der Waals surface area (Å²) in [4.78, 5) is 49.3. The van der Waals surface area contributed by atoms with E-state index in [4.69, 9.17) is 29.4 Å². The Morgan fingerprint density at radius 3 is 1.79 bits per heavy atom. The Morgan fingerprint density at radius 1 is 0.789 bits per heavy atom. The Labute approximate surface area is 225 Å². The number of esters is 3. The summed E-state index contributed by atoms with van der Waals surface area (Å²) in [7, 11) is 0. The van der Waals surface area contributed by atoms with Gasteiger partial charge >= 0.3 is 24.1 Å². The number of benzene rings is 1. The highest BCUT2D eigenvalue weighted by Crippen LogP contribution is 2.31. The molecule has 2 N–H and O–H groups in total. The van der Waals surface area contributed by atoms with Gasteiger partial charge in [0, 0.05) is 0 Å². The second-order valence-electron chi connectivity index (χ2n) is 10.5. The van der Waals surface area contributed by atoms with Gasteiger partial charge in [0.2, 0.25) is 0 Å². The maximum absolute atomic E-state index is 12.6. The van der Waals surface area contributed by atoms with Crippen LogP contribution in [0.2, 0.25) is 0 Å². The van der Waals surface area contributed by atoms with Crippen molar-refractivity contribution in [2.24, 2.45) is 17.6 Å². The molecule has 0 amide bonds. The van der Waals surface area contributed by atoms with E-state index in [1.165, 1.54) is 12.1 Å². The van der Waals surface area contributed by atoms with Gasteiger partial charge in [-0.1, -0.05) is 33.8 Å². The minimum absolute atomic E-state index is 0.0559.